The summed E-state index contributed by atoms with van der Waals surface area (Å²) >= 11 is 6.13. The van der Waals surface area contributed by atoms with Crippen LogP contribution in [0.5, 0.6) is 0 Å². The molecule has 1 aromatic carbocycles. The molecule has 1 aliphatic carbocycles. The van der Waals surface area contributed by atoms with Gasteiger partial charge in [0, 0.05) is 11.4 Å². The summed E-state index contributed by atoms with van der Waals surface area (Å²) in [4.78, 5) is 4.05. The third-order valence-electron chi connectivity index (χ3n) is 3.63. The van der Waals surface area contributed by atoms with Gasteiger partial charge in [-0.15, -0.1) is 5.10 Å². The van der Waals surface area contributed by atoms with Gasteiger partial charge in [0.15, 0.2) is 0 Å². The Morgan fingerprint density at radius 3 is 2.95 bits per heavy atom. The van der Waals surface area contributed by atoms with Crippen molar-refractivity contribution in [3.8, 4) is 0 Å². The smallest absolute Gasteiger partial charge is 0.262 e. The van der Waals surface area contributed by atoms with Crippen molar-refractivity contribution in [2.24, 2.45) is 0 Å². The van der Waals surface area contributed by atoms with Crippen LogP contribution in [0, 0.1) is 0 Å². The third-order valence-corrected chi connectivity index (χ3v) is 5.92. The number of nitrogens with one attached hydrogen (secondary N) is 1. The fourth-order valence-corrected chi connectivity index (χ4v) is 4.51. The summed E-state index contributed by atoms with van der Waals surface area (Å²) in [5.41, 5.74) is 1.70. The third kappa shape index (κ3) is 2.03. The van der Waals surface area contributed by atoms with Crippen molar-refractivity contribution in [3.63, 3.8) is 0 Å². The maximum Gasteiger partial charge on any atom is 0.267 e. The van der Waals surface area contributed by atoms with E-state index in [9.17, 15) is 8.42 Å². The van der Waals surface area contributed by atoms with Crippen LogP contribution in [-0.4, -0.2) is 23.6 Å². The van der Waals surface area contributed by atoms with E-state index in [0.717, 1.165) is 11.1 Å². The highest BCUT2D eigenvalue weighted by atomic mass is 35.5. The number of nitrogens with zero attached hydrogens (tertiary/aromatic N) is 2. The molecule has 106 valence electrons. The van der Waals surface area contributed by atoms with Crippen LogP contribution in [-0.2, 0) is 22.7 Å². The maximum absolute atomic E-state index is 12.6. The Morgan fingerprint density at radius 2 is 2.25 bits per heavy atom. The van der Waals surface area contributed by atoms with Crippen molar-refractivity contribution in [2.75, 3.05) is 0 Å². The second kappa shape index (κ2) is 4.86. The number of hydrogen-bond donors (Lipinski definition) is 1. The molecular formula is C13H14ClN3O2S. The molecule has 1 atom stereocenters. The molecule has 0 radical (unpaired) electrons. The van der Waals surface area contributed by atoms with E-state index in [4.69, 9.17) is 11.6 Å². The van der Waals surface area contributed by atoms with Gasteiger partial charge in [-0.2, -0.15) is 0 Å². The summed E-state index contributed by atoms with van der Waals surface area (Å²) in [6.07, 6.45) is 1.82. The minimum Gasteiger partial charge on any atom is -0.262 e. The lowest BCUT2D eigenvalue weighted by Crippen LogP contribution is -2.13. The molecule has 3 rings (SSSR count). The monoisotopic (exact) mass is 311 g/mol. The molecular weight excluding hydrogens is 298 g/mol. The Morgan fingerprint density at radius 1 is 1.45 bits per heavy atom. The van der Waals surface area contributed by atoms with Crippen molar-refractivity contribution < 1.29 is 8.42 Å². The van der Waals surface area contributed by atoms with Crippen molar-refractivity contribution in [1.82, 2.24) is 15.2 Å². The van der Waals surface area contributed by atoms with Crippen LogP contribution in [0.3, 0.4) is 0 Å². The van der Waals surface area contributed by atoms with E-state index in [1.165, 1.54) is 0 Å². The first kappa shape index (κ1) is 13.6. The van der Waals surface area contributed by atoms with Gasteiger partial charge in [-0.3, -0.25) is 5.10 Å². The van der Waals surface area contributed by atoms with Gasteiger partial charge in [-0.05, 0) is 30.0 Å². The standard InChI is InChI=1S/C13H14ClN3O2S/c1-2-12-15-13(17-16-12)20(18,19)11-7-6-8-9(11)4-3-5-10(8)14/h3-5,11H,2,6-7H2,1H3,(H,15,16,17)/t11-/m1/s1. The minimum absolute atomic E-state index is 0.118. The number of halogens is 1. The number of sulfone groups is 1. The Labute approximate surface area is 122 Å². The Kier molecular flexibility index (Phi) is 3.30. The molecule has 7 heteroatoms. The summed E-state index contributed by atoms with van der Waals surface area (Å²) in [6.45, 7) is 1.89. The molecule has 0 aliphatic heterocycles. The zero-order valence-electron chi connectivity index (χ0n) is 10.9. The molecule has 20 heavy (non-hydrogen) atoms. The van der Waals surface area contributed by atoms with Gasteiger partial charge in [0.25, 0.3) is 5.16 Å². The predicted molar refractivity (Wildman–Crippen MR) is 75.5 cm³/mol. The Hall–Kier alpha value is -1.40. The molecule has 0 unspecified atom stereocenters. The SMILES string of the molecule is CCc1nc(S(=O)(=O)[C@@H]2CCc3c(Cl)cccc32)n[nH]1. The molecule has 2 aromatic rings. The number of H-pyrrole nitrogens is 1. The molecule has 0 saturated carbocycles. The quantitative estimate of drug-likeness (QED) is 0.945. The molecule has 1 aromatic heterocycles. The lowest BCUT2D eigenvalue weighted by molar-refractivity contribution is 0.572. The zero-order valence-corrected chi connectivity index (χ0v) is 12.5. The van der Waals surface area contributed by atoms with Crippen LogP contribution in [0.2, 0.25) is 5.02 Å². The second-order valence-electron chi connectivity index (χ2n) is 4.80. The normalized spacial score (nSPS) is 18.2. The number of fused-ring (bicyclic) bond motifs is 1. The van der Waals surface area contributed by atoms with E-state index < -0.39 is 15.1 Å². The summed E-state index contributed by atoms with van der Waals surface area (Å²) in [5, 5.41) is 6.41. The molecule has 0 spiro atoms. The topological polar surface area (TPSA) is 75.7 Å². The van der Waals surface area contributed by atoms with E-state index in [1.807, 2.05) is 13.0 Å². The van der Waals surface area contributed by atoms with Crippen molar-refractivity contribution in [1.29, 1.82) is 0 Å². The maximum atomic E-state index is 12.6. The van der Waals surface area contributed by atoms with Crippen molar-refractivity contribution >= 4 is 21.4 Å². The summed E-state index contributed by atoms with van der Waals surface area (Å²) in [7, 11) is -3.57. The average molecular weight is 312 g/mol. The molecule has 0 fully saturated rings. The number of hydrogen-bond acceptors (Lipinski definition) is 4. The first-order chi connectivity index (χ1) is 9.54. The highest BCUT2D eigenvalue weighted by molar-refractivity contribution is 7.91. The molecule has 1 heterocycles. The number of benzene rings is 1. The van der Waals surface area contributed by atoms with Gasteiger partial charge >= 0.3 is 0 Å². The minimum atomic E-state index is -3.57. The lowest BCUT2D eigenvalue weighted by Gasteiger charge is -2.10. The van der Waals surface area contributed by atoms with E-state index in [2.05, 4.69) is 15.2 Å². The van der Waals surface area contributed by atoms with Crippen LogP contribution in [0.1, 0.15) is 35.5 Å². The first-order valence-electron chi connectivity index (χ1n) is 6.46. The van der Waals surface area contributed by atoms with Gasteiger partial charge in [0.05, 0.1) is 5.25 Å². The molecule has 1 N–H and O–H groups in total. The number of rotatable bonds is 3. The van der Waals surface area contributed by atoms with Gasteiger partial charge in [0.1, 0.15) is 5.82 Å². The first-order valence-corrected chi connectivity index (χ1v) is 8.39. The van der Waals surface area contributed by atoms with Crippen LogP contribution >= 0.6 is 11.6 Å². The molecule has 0 saturated heterocycles. The Balaban J connectivity index is 2.05. The van der Waals surface area contributed by atoms with Gasteiger partial charge in [-0.25, -0.2) is 13.4 Å². The van der Waals surface area contributed by atoms with E-state index >= 15 is 0 Å². The van der Waals surface area contributed by atoms with Crippen molar-refractivity contribution in [2.45, 2.75) is 36.6 Å². The predicted octanol–water partition coefficient (Wildman–Crippen LogP) is 2.48. The van der Waals surface area contributed by atoms with Crippen LogP contribution in [0.15, 0.2) is 23.4 Å². The summed E-state index contributed by atoms with van der Waals surface area (Å²) in [6, 6.07) is 5.39. The second-order valence-corrected chi connectivity index (χ2v) is 7.23. The molecule has 0 bridgehead atoms. The van der Waals surface area contributed by atoms with Gasteiger partial charge in [-0.1, -0.05) is 30.7 Å². The van der Waals surface area contributed by atoms with E-state index in [1.54, 1.807) is 12.1 Å². The summed E-state index contributed by atoms with van der Waals surface area (Å²) in [5.74, 6) is 0.577. The fourth-order valence-electron chi connectivity index (χ4n) is 2.58. The van der Waals surface area contributed by atoms with E-state index in [0.29, 0.717) is 30.1 Å². The highest BCUT2D eigenvalue weighted by Gasteiger charge is 2.37. The molecule has 5 nitrogen and oxygen atoms in total. The number of aromatic amines is 1. The zero-order chi connectivity index (χ0) is 14.3. The number of aryl methyl sites for hydroxylation is 1. The van der Waals surface area contributed by atoms with Gasteiger partial charge in [0.2, 0.25) is 9.84 Å². The van der Waals surface area contributed by atoms with Crippen molar-refractivity contribution in [3.05, 3.63) is 40.2 Å². The van der Waals surface area contributed by atoms with Crippen LogP contribution < -0.4 is 0 Å². The Bertz CT molecular complexity index is 755. The molecule has 1 aliphatic rings. The number of aromatic nitrogens is 3. The van der Waals surface area contributed by atoms with Crippen LogP contribution in [0.25, 0.3) is 0 Å². The van der Waals surface area contributed by atoms with E-state index in [-0.39, 0.29) is 5.16 Å². The lowest BCUT2D eigenvalue weighted by atomic mass is 10.1. The largest absolute Gasteiger partial charge is 0.267 e. The van der Waals surface area contributed by atoms with Gasteiger partial charge < -0.3 is 0 Å². The molecule has 0 amide bonds. The highest BCUT2D eigenvalue weighted by Crippen LogP contribution is 2.41. The summed E-state index contributed by atoms with van der Waals surface area (Å²) < 4.78 is 25.3. The average Bonchev–Trinajstić information content (AvgIpc) is 3.06. The van der Waals surface area contributed by atoms with Crippen LogP contribution in [0.4, 0.5) is 0 Å². The fraction of sp³-hybridized carbons (Fsp3) is 0.385.